The number of rotatable bonds is 3. The van der Waals surface area contributed by atoms with E-state index in [0.29, 0.717) is 11.2 Å². The minimum Gasteiger partial charge on any atom is -0.376 e. The zero-order valence-corrected chi connectivity index (χ0v) is 12.1. The van der Waals surface area contributed by atoms with E-state index < -0.39 is 0 Å². The lowest BCUT2D eigenvalue weighted by Gasteiger charge is -2.13. The van der Waals surface area contributed by atoms with E-state index in [1.54, 1.807) is 12.3 Å². The van der Waals surface area contributed by atoms with Crippen molar-refractivity contribution in [2.45, 2.75) is 25.5 Å². The van der Waals surface area contributed by atoms with Crippen LogP contribution < -0.4 is 0 Å². The third kappa shape index (κ3) is 2.37. The summed E-state index contributed by atoms with van der Waals surface area (Å²) in [6.45, 7) is 1.58. The third-order valence-corrected chi connectivity index (χ3v) is 4.04. The molecule has 1 saturated heterocycles. The molecule has 1 fully saturated rings. The van der Waals surface area contributed by atoms with Crippen molar-refractivity contribution in [3.63, 3.8) is 0 Å². The molecule has 1 aromatic carbocycles. The minimum atomic E-state index is -0.309. The maximum absolute atomic E-state index is 13.9. The quantitative estimate of drug-likeness (QED) is 0.743. The largest absolute Gasteiger partial charge is 0.376 e. The molecule has 4 rings (SSSR count). The summed E-state index contributed by atoms with van der Waals surface area (Å²) in [5.41, 5.74) is 1.06. The molecule has 1 unspecified atom stereocenters. The summed E-state index contributed by atoms with van der Waals surface area (Å²) in [5.74, 6) is 0.442. The van der Waals surface area contributed by atoms with E-state index >= 15 is 0 Å². The van der Waals surface area contributed by atoms with Crippen molar-refractivity contribution in [1.29, 1.82) is 0 Å². The number of benzene rings is 1. The fourth-order valence-electron chi connectivity index (χ4n) is 2.93. The molecule has 2 aromatic heterocycles. The van der Waals surface area contributed by atoms with Crippen LogP contribution in [0.25, 0.3) is 22.4 Å². The van der Waals surface area contributed by atoms with Crippen LogP contribution in [0, 0.1) is 5.82 Å². The van der Waals surface area contributed by atoms with Gasteiger partial charge < -0.3 is 9.30 Å². The lowest BCUT2D eigenvalue weighted by molar-refractivity contribution is 0.0973. The zero-order valence-electron chi connectivity index (χ0n) is 12.1. The molecule has 4 nitrogen and oxygen atoms in total. The van der Waals surface area contributed by atoms with Crippen molar-refractivity contribution in [1.82, 2.24) is 14.5 Å². The first kappa shape index (κ1) is 13.4. The first-order valence-electron chi connectivity index (χ1n) is 7.49. The van der Waals surface area contributed by atoms with Gasteiger partial charge in [0.15, 0.2) is 5.82 Å². The molecule has 3 aromatic rings. The van der Waals surface area contributed by atoms with Crippen LogP contribution >= 0.6 is 0 Å². The summed E-state index contributed by atoms with van der Waals surface area (Å²) in [6, 6.07) is 8.74. The first-order chi connectivity index (χ1) is 10.8. The van der Waals surface area contributed by atoms with Gasteiger partial charge in [-0.2, -0.15) is 0 Å². The number of nitrogens with zero attached hydrogens (tertiary/aromatic N) is 3. The molecule has 3 heterocycles. The van der Waals surface area contributed by atoms with Gasteiger partial charge in [0.05, 0.1) is 12.6 Å². The number of imidazole rings is 1. The molecule has 0 radical (unpaired) electrons. The van der Waals surface area contributed by atoms with Crippen LogP contribution in [0.3, 0.4) is 0 Å². The van der Waals surface area contributed by atoms with Crippen molar-refractivity contribution < 1.29 is 9.13 Å². The molecule has 0 saturated carbocycles. The Bertz CT molecular complexity index is 809. The second-order valence-corrected chi connectivity index (χ2v) is 5.55. The Morgan fingerprint density at radius 1 is 1.27 bits per heavy atom. The number of aromatic nitrogens is 3. The average Bonchev–Trinajstić information content (AvgIpc) is 3.20. The van der Waals surface area contributed by atoms with E-state index in [1.807, 2.05) is 29.0 Å². The maximum atomic E-state index is 13.9. The highest BCUT2D eigenvalue weighted by atomic mass is 19.1. The fraction of sp³-hybridized carbons (Fsp3) is 0.294. The summed E-state index contributed by atoms with van der Waals surface area (Å²) in [7, 11) is 0. The van der Waals surface area contributed by atoms with E-state index in [9.17, 15) is 4.39 Å². The van der Waals surface area contributed by atoms with Crippen molar-refractivity contribution in [3.8, 4) is 11.5 Å². The number of hydrogen-bond donors (Lipinski definition) is 0. The van der Waals surface area contributed by atoms with Crippen LogP contribution in [0.4, 0.5) is 4.39 Å². The van der Waals surface area contributed by atoms with Gasteiger partial charge in [-0.3, -0.25) is 0 Å². The van der Waals surface area contributed by atoms with Crippen LogP contribution in [0.2, 0.25) is 0 Å². The van der Waals surface area contributed by atoms with Gasteiger partial charge in [-0.25, -0.2) is 14.4 Å². The SMILES string of the molecule is Fc1cccc2ccc(-c3nccn3CC3CCCO3)nc12. The van der Waals surface area contributed by atoms with Crippen LogP contribution in [-0.2, 0) is 11.3 Å². The second kappa shape index (κ2) is 5.50. The number of pyridine rings is 1. The molecule has 1 atom stereocenters. The highest BCUT2D eigenvalue weighted by Crippen LogP contribution is 2.23. The van der Waals surface area contributed by atoms with E-state index in [-0.39, 0.29) is 11.9 Å². The Morgan fingerprint density at radius 3 is 3.09 bits per heavy atom. The Hall–Kier alpha value is -2.27. The Morgan fingerprint density at radius 2 is 2.23 bits per heavy atom. The smallest absolute Gasteiger partial charge is 0.158 e. The van der Waals surface area contributed by atoms with Gasteiger partial charge in [0.1, 0.15) is 17.0 Å². The van der Waals surface area contributed by atoms with E-state index in [0.717, 1.165) is 37.2 Å². The summed E-state index contributed by atoms with van der Waals surface area (Å²) in [6.07, 6.45) is 6.07. The van der Waals surface area contributed by atoms with Gasteiger partial charge in [-0.1, -0.05) is 18.2 Å². The predicted molar refractivity (Wildman–Crippen MR) is 81.9 cm³/mol. The standard InChI is InChI=1S/C17H16FN3O/c18-14-5-1-3-12-6-7-15(20-16(12)14)17-19-8-9-21(17)11-13-4-2-10-22-13/h1,3,5-9,13H,2,4,10-11H2. The molecule has 0 spiro atoms. The van der Waals surface area contributed by atoms with Gasteiger partial charge >= 0.3 is 0 Å². The fourth-order valence-corrected chi connectivity index (χ4v) is 2.93. The Balaban J connectivity index is 1.72. The number of para-hydroxylation sites is 1. The van der Waals surface area contributed by atoms with E-state index in [2.05, 4.69) is 9.97 Å². The van der Waals surface area contributed by atoms with E-state index in [4.69, 9.17) is 4.74 Å². The van der Waals surface area contributed by atoms with Gasteiger partial charge in [0.25, 0.3) is 0 Å². The highest BCUT2D eigenvalue weighted by Gasteiger charge is 2.18. The molecular weight excluding hydrogens is 281 g/mol. The number of ether oxygens (including phenoxy) is 1. The van der Waals surface area contributed by atoms with Gasteiger partial charge in [0, 0.05) is 24.4 Å². The van der Waals surface area contributed by atoms with Crippen molar-refractivity contribution in [2.24, 2.45) is 0 Å². The molecule has 5 heteroatoms. The summed E-state index contributed by atoms with van der Waals surface area (Å²) in [5, 5.41) is 0.793. The maximum Gasteiger partial charge on any atom is 0.158 e. The summed E-state index contributed by atoms with van der Waals surface area (Å²) in [4.78, 5) is 8.84. The van der Waals surface area contributed by atoms with Crippen molar-refractivity contribution >= 4 is 10.9 Å². The van der Waals surface area contributed by atoms with Crippen LogP contribution in [0.15, 0.2) is 42.7 Å². The summed E-state index contributed by atoms with van der Waals surface area (Å²) >= 11 is 0. The van der Waals surface area contributed by atoms with Crippen LogP contribution in [-0.4, -0.2) is 27.2 Å². The van der Waals surface area contributed by atoms with Crippen LogP contribution in [0.5, 0.6) is 0 Å². The monoisotopic (exact) mass is 297 g/mol. The molecule has 0 bridgehead atoms. The Kier molecular flexibility index (Phi) is 3.35. The van der Waals surface area contributed by atoms with Crippen LogP contribution in [0.1, 0.15) is 12.8 Å². The molecule has 1 aliphatic rings. The topological polar surface area (TPSA) is 39.9 Å². The second-order valence-electron chi connectivity index (χ2n) is 5.55. The van der Waals surface area contributed by atoms with Gasteiger partial charge in [0.2, 0.25) is 0 Å². The van der Waals surface area contributed by atoms with Crippen molar-refractivity contribution in [3.05, 3.63) is 48.5 Å². The molecule has 112 valence electrons. The van der Waals surface area contributed by atoms with Gasteiger partial charge in [-0.15, -0.1) is 0 Å². The molecule has 0 N–H and O–H groups in total. The molecular formula is C17H16FN3O. The normalized spacial score (nSPS) is 18.1. The third-order valence-electron chi connectivity index (χ3n) is 4.04. The zero-order chi connectivity index (χ0) is 14.9. The highest BCUT2D eigenvalue weighted by molar-refractivity contribution is 5.81. The molecule has 1 aliphatic heterocycles. The predicted octanol–water partition coefficient (Wildman–Crippen LogP) is 3.42. The molecule has 0 aliphatic carbocycles. The number of fused-ring (bicyclic) bond motifs is 1. The lowest BCUT2D eigenvalue weighted by atomic mass is 10.2. The van der Waals surface area contributed by atoms with E-state index in [1.165, 1.54) is 6.07 Å². The Labute approximate surface area is 127 Å². The minimum absolute atomic E-state index is 0.227. The van der Waals surface area contributed by atoms with Crippen molar-refractivity contribution in [2.75, 3.05) is 6.61 Å². The molecule has 22 heavy (non-hydrogen) atoms. The summed E-state index contributed by atoms with van der Waals surface area (Å²) < 4.78 is 21.6. The van der Waals surface area contributed by atoms with Gasteiger partial charge in [-0.05, 0) is 25.0 Å². The first-order valence-corrected chi connectivity index (χ1v) is 7.49. The average molecular weight is 297 g/mol. The molecule has 0 amide bonds. The lowest BCUT2D eigenvalue weighted by Crippen LogP contribution is -2.15. The number of hydrogen-bond acceptors (Lipinski definition) is 3. The number of halogens is 1.